The van der Waals surface area contributed by atoms with Gasteiger partial charge in [-0.2, -0.15) is 0 Å². The second-order valence-corrected chi connectivity index (χ2v) is 6.05. The van der Waals surface area contributed by atoms with Crippen molar-refractivity contribution in [2.75, 3.05) is 13.2 Å². The van der Waals surface area contributed by atoms with Gasteiger partial charge in [-0.25, -0.2) is 0 Å². The molecule has 1 aromatic carbocycles. The van der Waals surface area contributed by atoms with E-state index in [1.165, 1.54) is 11.3 Å². The topological polar surface area (TPSA) is 29.5 Å². The van der Waals surface area contributed by atoms with Gasteiger partial charge in [-0.1, -0.05) is 50.6 Å². The Bertz CT molecular complexity index is 511. The number of carbonyl (C=O) groups is 1. The lowest BCUT2D eigenvalue weighted by atomic mass is 10.1. The Morgan fingerprint density at radius 2 is 1.91 bits per heavy atom. The van der Waals surface area contributed by atoms with Gasteiger partial charge in [0.05, 0.1) is 12.5 Å². The van der Waals surface area contributed by atoms with E-state index >= 15 is 0 Å². The monoisotopic (exact) mass is 337 g/mol. The first-order valence-corrected chi connectivity index (χ1v) is 8.74. The van der Waals surface area contributed by atoms with Crippen LogP contribution >= 0.6 is 11.6 Å². The molecule has 0 aromatic heterocycles. The van der Waals surface area contributed by atoms with Gasteiger partial charge in [0, 0.05) is 23.8 Å². The van der Waals surface area contributed by atoms with Gasteiger partial charge in [0.25, 0.3) is 0 Å². The van der Waals surface area contributed by atoms with Crippen molar-refractivity contribution in [1.82, 2.24) is 4.90 Å². The SMILES string of the molecule is CC/C=C(\CC)N(Cc1ccc(Cl)cc1)CC(C)C(=O)OCC. The van der Waals surface area contributed by atoms with Crippen molar-refractivity contribution in [2.45, 2.75) is 47.1 Å². The molecule has 0 saturated heterocycles. The number of hydrogen-bond acceptors (Lipinski definition) is 3. The molecule has 1 aromatic rings. The van der Waals surface area contributed by atoms with Gasteiger partial charge >= 0.3 is 5.97 Å². The molecule has 0 aliphatic rings. The Labute approximate surface area is 145 Å². The van der Waals surface area contributed by atoms with E-state index in [0.29, 0.717) is 13.2 Å². The van der Waals surface area contributed by atoms with Crippen molar-refractivity contribution in [3.63, 3.8) is 0 Å². The Hall–Kier alpha value is -1.48. The zero-order chi connectivity index (χ0) is 17.2. The molecule has 0 aliphatic carbocycles. The summed E-state index contributed by atoms with van der Waals surface area (Å²) >= 11 is 5.96. The zero-order valence-electron chi connectivity index (χ0n) is 14.6. The van der Waals surface area contributed by atoms with Crippen LogP contribution in [0.3, 0.4) is 0 Å². The third kappa shape index (κ3) is 6.66. The van der Waals surface area contributed by atoms with Crippen LogP contribution in [0.4, 0.5) is 0 Å². The summed E-state index contributed by atoms with van der Waals surface area (Å²) in [5.74, 6) is -0.297. The van der Waals surface area contributed by atoms with Gasteiger partial charge in [-0.05, 0) is 37.5 Å². The predicted octanol–water partition coefficient (Wildman–Crippen LogP) is 5.05. The van der Waals surface area contributed by atoms with Crippen molar-refractivity contribution in [3.05, 3.63) is 46.6 Å². The van der Waals surface area contributed by atoms with Crippen LogP contribution in [0.25, 0.3) is 0 Å². The first-order chi connectivity index (χ1) is 11.0. The normalized spacial score (nSPS) is 12.8. The minimum absolute atomic E-state index is 0.138. The van der Waals surface area contributed by atoms with Gasteiger partial charge in [-0.15, -0.1) is 0 Å². The second-order valence-electron chi connectivity index (χ2n) is 5.62. The number of ether oxygens (including phenoxy) is 1. The van der Waals surface area contributed by atoms with Crippen LogP contribution < -0.4 is 0 Å². The Balaban J connectivity index is 2.90. The van der Waals surface area contributed by atoms with Gasteiger partial charge in [-0.3, -0.25) is 4.79 Å². The van der Waals surface area contributed by atoms with Crippen molar-refractivity contribution in [3.8, 4) is 0 Å². The predicted molar refractivity (Wildman–Crippen MR) is 96.3 cm³/mol. The fourth-order valence-electron chi connectivity index (χ4n) is 2.52. The molecule has 0 amide bonds. The average molecular weight is 338 g/mol. The highest BCUT2D eigenvalue weighted by molar-refractivity contribution is 6.30. The molecule has 0 fully saturated rings. The van der Waals surface area contributed by atoms with Crippen molar-refractivity contribution in [2.24, 2.45) is 5.92 Å². The minimum Gasteiger partial charge on any atom is -0.466 e. The van der Waals surface area contributed by atoms with Gasteiger partial charge in [0.15, 0.2) is 0 Å². The first kappa shape index (κ1) is 19.6. The molecule has 0 saturated carbocycles. The Morgan fingerprint density at radius 3 is 2.43 bits per heavy atom. The number of halogens is 1. The molecule has 0 radical (unpaired) electrons. The third-order valence-corrected chi connectivity index (χ3v) is 3.93. The highest BCUT2D eigenvalue weighted by atomic mass is 35.5. The lowest BCUT2D eigenvalue weighted by Gasteiger charge is -2.29. The number of esters is 1. The molecule has 1 unspecified atom stereocenters. The molecular formula is C19H28ClNO2. The smallest absolute Gasteiger partial charge is 0.310 e. The number of nitrogens with zero attached hydrogens (tertiary/aromatic N) is 1. The zero-order valence-corrected chi connectivity index (χ0v) is 15.4. The van der Waals surface area contributed by atoms with Gasteiger partial charge in [0.2, 0.25) is 0 Å². The maximum Gasteiger partial charge on any atom is 0.310 e. The molecule has 23 heavy (non-hydrogen) atoms. The molecule has 1 rings (SSSR count). The van der Waals surface area contributed by atoms with Crippen LogP contribution in [-0.4, -0.2) is 24.0 Å². The summed E-state index contributed by atoms with van der Waals surface area (Å²) in [4.78, 5) is 14.2. The fourth-order valence-corrected chi connectivity index (χ4v) is 2.64. The Morgan fingerprint density at radius 1 is 1.26 bits per heavy atom. The number of rotatable bonds is 9. The van der Waals surface area contributed by atoms with Gasteiger partial charge in [0.1, 0.15) is 0 Å². The van der Waals surface area contributed by atoms with E-state index in [4.69, 9.17) is 16.3 Å². The summed E-state index contributed by atoms with van der Waals surface area (Å²) in [5, 5.41) is 0.736. The van der Waals surface area contributed by atoms with E-state index in [9.17, 15) is 4.79 Å². The fraction of sp³-hybridized carbons (Fsp3) is 0.526. The van der Waals surface area contributed by atoms with E-state index in [2.05, 4.69) is 24.8 Å². The van der Waals surface area contributed by atoms with E-state index in [-0.39, 0.29) is 11.9 Å². The summed E-state index contributed by atoms with van der Waals surface area (Å²) < 4.78 is 5.14. The standard InChI is InChI=1S/C19H28ClNO2/c1-5-8-18(6-2)21(13-15(4)19(22)23-7-3)14-16-9-11-17(20)12-10-16/h8-12,15H,5-7,13-14H2,1-4H3/b18-8+. The highest BCUT2D eigenvalue weighted by Gasteiger charge is 2.19. The Kier molecular flexibility index (Phi) is 8.78. The summed E-state index contributed by atoms with van der Waals surface area (Å²) in [6.07, 6.45) is 4.15. The summed E-state index contributed by atoms with van der Waals surface area (Å²) in [6.45, 7) is 9.88. The quantitative estimate of drug-likeness (QED) is 0.591. The highest BCUT2D eigenvalue weighted by Crippen LogP contribution is 2.19. The number of carbonyl (C=O) groups excluding carboxylic acids is 1. The molecule has 1 atom stereocenters. The van der Waals surface area contributed by atoms with Crippen LogP contribution in [0, 0.1) is 5.92 Å². The van der Waals surface area contributed by atoms with E-state index in [1.807, 2.05) is 38.1 Å². The molecule has 4 heteroatoms. The van der Waals surface area contributed by atoms with Crippen LogP contribution in [0.15, 0.2) is 36.0 Å². The molecule has 128 valence electrons. The van der Waals surface area contributed by atoms with Crippen molar-refractivity contribution >= 4 is 17.6 Å². The first-order valence-electron chi connectivity index (χ1n) is 8.36. The number of allylic oxidation sites excluding steroid dienone is 2. The molecule has 0 aliphatic heterocycles. The summed E-state index contributed by atoms with van der Waals surface area (Å²) in [5.41, 5.74) is 2.44. The molecule has 0 spiro atoms. The van der Waals surface area contributed by atoms with Crippen LogP contribution in [0.2, 0.25) is 5.02 Å². The van der Waals surface area contributed by atoms with Crippen LogP contribution in [0.5, 0.6) is 0 Å². The average Bonchev–Trinajstić information content (AvgIpc) is 2.54. The van der Waals surface area contributed by atoms with Crippen molar-refractivity contribution in [1.29, 1.82) is 0 Å². The molecular weight excluding hydrogens is 310 g/mol. The van der Waals surface area contributed by atoms with Crippen LogP contribution in [-0.2, 0) is 16.1 Å². The largest absolute Gasteiger partial charge is 0.466 e. The van der Waals surface area contributed by atoms with E-state index < -0.39 is 0 Å². The molecule has 3 nitrogen and oxygen atoms in total. The number of hydrogen-bond donors (Lipinski definition) is 0. The molecule has 0 bridgehead atoms. The number of benzene rings is 1. The summed E-state index contributed by atoms with van der Waals surface area (Å²) in [7, 11) is 0. The molecule has 0 heterocycles. The lowest BCUT2D eigenvalue weighted by Crippen LogP contribution is -2.32. The maximum absolute atomic E-state index is 12.0. The second kappa shape index (κ2) is 10.3. The summed E-state index contributed by atoms with van der Waals surface area (Å²) in [6, 6.07) is 7.87. The minimum atomic E-state index is -0.158. The van der Waals surface area contributed by atoms with E-state index in [0.717, 1.165) is 24.4 Å². The lowest BCUT2D eigenvalue weighted by molar-refractivity contribution is -0.147. The van der Waals surface area contributed by atoms with Gasteiger partial charge < -0.3 is 9.64 Å². The third-order valence-electron chi connectivity index (χ3n) is 3.68. The van der Waals surface area contributed by atoms with Crippen LogP contribution in [0.1, 0.15) is 46.1 Å². The molecule has 0 N–H and O–H groups in total. The van der Waals surface area contributed by atoms with E-state index in [1.54, 1.807) is 0 Å². The van der Waals surface area contributed by atoms with Crippen molar-refractivity contribution < 1.29 is 9.53 Å². The maximum atomic E-state index is 12.0.